The Labute approximate surface area is 144 Å². The van der Waals surface area contributed by atoms with Crippen molar-refractivity contribution in [2.45, 2.75) is 26.2 Å². The second kappa shape index (κ2) is 6.02. The number of rotatable bonds is 2. The number of anilines is 1. The predicted molar refractivity (Wildman–Crippen MR) is 98.1 cm³/mol. The highest BCUT2D eigenvalue weighted by Crippen LogP contribution is 2.37. The summed E-state index contributed by atoms with van der Waals surface area (Å²) < 4.78 is 1.98. The molecule has 0 unspecified atom stereocenters. The van der Waals surface area contributed by atoms with E-state index in [1.54, 1.807) is 11.3 Å². The third kappa shape index (κ3) is 2.66. The number of benzene rings is 1. The van der Waals surface area contributed by atoms with E-state index in [1.165, 1.54) is 28.8 Å². The summed E-state index contributed by atoms with van der Waals surface area (Å²) >= 11 is 8.17. The fraction of sp³-hybridized carbons (Fsp3) is 0.278. The van der Waals surface area contributed by atoms with Gasteiger partial charge in [-0.25, -0.2) is 4.68 Å². The highest BCUT2D eigenvalue weighted by Gasteiger charge is 2.23. The van der Waals surface area contributed by atoms with E-state index in [0.29, 0.717) is 0 Å². The van der Waals surface area contributed by atoms with Gasteiger partial charge in [0, 0.05) is 12.1 Å². The molecule has 0 saturated carbocycles. The Bertz CT molecular complexity index is 850. The molecule has 4 rings (SSSR count). The standard InChI is InChI=1S/C18H18ClN3S/c1-12-10-16(23-11-12)17-13-6-4-5-9-20-18(13)22(21-17)15-8-3-2-7-14(15)19/h2-3,7-8,10-11,20H,4-6,9H2,1H3. The van der Waals surface area contributed by atoms with Gasteiger partial charge in [-0.2, -0.15) is 5.10 Å². The number of nitrogens with zero attached hydrogens (tertiary/aromatic N) is 2. The first-order valence-electron chi connectivity index (χ1n) is 7.90. The summed E-state index contributed by atoms with van der Waals surface area (Å²) in [5.74, 6) is 1.09. The first-order chi connectivity index (χ1) is 11.2. The maximum Gasteiger partial charge on any atom is 0.133 e. The largest absolute Gasteiger partial charge is 0.370 e. The second-order valence-corrected chi connectivity index (χ2v) is 7.23. The van der Waals surface area contributed by atoms with E-state index in [-0.39, 0.29) is 0 Å². The molecule has 23 heavy (non-hydrogen) atoms. The second-order valence-electron chi connectivity index (χ2n) is 5.91. The molecule has 0 amide bonds. The lowest BCUT2D eigenvalue weighted by Gasteiger charge is -2.10. The topological polar surface area (TPSA) is 29.9 Å². The fourth-order valence-electron chi connectivity index (χ4n) is 3.05. The van der Waals surface area contributed by atoms with E-state index in [0.717, 1.165) is 35.2 Å². The van der Waals surface area contributed by atoms with Crippen LogP contribution in [0.3, 0.4) is 0 Å². The number of halogens is 1. The predicted octanol–water partition coefficient (Wildman–Crippen LogP) is 5.31. The molecule has 0 bridgehead atoms. The van der Waals surface area contributed by atoms with Gasteiger partial charge in [-0.05, 0) is 55.3 Å². The van der Waals surface area contributed by atoms with Gasteiger partial charge in [-0.3, -0.25) is 0 Å². The molecule has 1 aliphatic heterocycles. The lowest BCUT2D eigenvalue weighted by atomic mass is 10.1. The van der Waals surface area contributed by atoms with Crippen LogP contribution in [0.15, 0.2) is 35.7 Å². The molecule has 0 aliphatic carbocycles. The van der Waals surface area contributed by atoms with Crippen LogP contribution in [0.1, 0.15) is 24.0 Å². The van der Waals surface area contributed by atoms with Crippen LogP contribution in [0.5, 0.6) is 0 Å². The number of thiophene rings is 1. The Morgan fingerprint density at radius 2 is 2.13 bits per heavy atom. The van der Waals surface area contributed by atoms with Crippen molar-refractivity contribution in [2.24, 2.45) is 0 Å². The zero-order chi connectivity index (χ0) is 15.8. The SMILES string of the molecule is Cc1csc(-c2nn(-c3ccccc3Cl)c3c2CCCCN3)c1. The highest BCUT2D eigenvalue weighted by molar-refractivity contribution is 7.13. The van der Waals surface area contributed by atoms with E-state index < -0.39 is 0 Å². The molecule has 0 spiro atoms. The number of para-hydroxylation sites is 1. The van der Waals surface area contributed by atoms with Crippen molar-refractivity contribution in [3.05, 3.63) is 51.9 Å². The van der Waals surface area contributed by atoms with Crippen LogP contribution in [-0.4, -0.2) is 16.3 Å². The first-order valence-corrected chi connectivity index (χ1v) is 9.16. The smallest absolute Gasteiger partial charge is 0.133 e. The molecule has 5 heteroatoms. The van der Waals surface area contributed by atoms with Gasteiger partial charge in [0.25, 0.3) is 0 Å². The summed E-state index contributed by atoms with van der Waals surface area (Å²) in [4.78, 5) is 1.23. The zero-order valence-electron chi connectivity index (χ0n) is 13.0. The summed E-state index contributed by atoms with van der Waals surface area (Å²) in [6.45, 7) is 3.11. The van der Waals surface area contributed by atoms with Crippen LogP contribution in [0.25, 0.3) is 16.3 Å². The van der Waals surface area contributed by atoms with Crippen LogP contribution < -0.4 is 5.32 Å². The van der Waals surface area contributed by atoms with Crippen molar-refractivity contribution >= 4 is 28.8 Å². The molecule has 3 heterocycles. The Morgan fingerprint density at radius 3 is 2.91 bits per heavy atom. The first kappa shape index (κ1) is 14.8. The van der Waals surface area contributed by atoms with Crippen LogP contribution >= 0.6 is 22.9 Å². The third-order valence-corrected chi connectivity index (χ3v) is 5.55. The van der Waals surface area contributed by atoms with Crippen molar-refractivity contribution in [1.29, 1.82) is 0 Å². The summed E-state index contributed by atoms with van der Waals surface area (Å²) in [6, 6.07) is 10.1. The van der Waals surface area contributed by atoms with E-state index in [4.69, 9.17) is 16.7 Å². The summed E-state index contributed by atoms with van der Waals surface area (Å²) in [6.07, 6.45) is 3.42. The quantitative estimate of drug-likeness (QED) is 0.683. The average Bonchev–Trinajstić information content (AvgIpc) is 3.03. The summed E-state index contributed by atoms with van der Waals surface area (Å²) in [5.41, 5.74) is 4.61. The molecular weight excluding hydrogens is 326 g/mol. The Balaban J connectivity index is 1.93. The Kier molecular flexibility index (Phi) is 3.87. The Hall–Kier alpha value is -1.78. The third-order valence-electron chi connectivity index (χ3n) is 4.17. The van der Waals surface area contributed by atoms with Gasteiger partial charge >= 0.3 is 0 Å². The number of hydrogen-bond donors (Lipinski definition) is 1. The highest BCUT2D eigenvalue weighted by atomic mass is 35.5. The van der Waals surface area contributed by atoms with Gasteiger partial charge < -0.3 is 5.32 Å². The molecule has 0 saturated heterocycles. The average molecular weight is 344 g/mol. The molecule has 3 aromatic rings. The number of aryl methyl sites for hydroxylation is 1. The van der Waals surface area contributed by atoms with Gasteiger partial charge in [-0.15, -0.1) is 11.3 Å². The molecule has 0 radical (unpaired) electrons. The summed E-state index contributed by atoms with van der Waals surface area (Å²) in [7, 11) is 0. The van der Waals surface area contributed by atoms with Crippen molar-refractivity contribution in [3.63, 3.8) is 0 Å². The molecule has 1 aliphatic rings. The number of nitrogens with one attached hydrogen (secondary N) is 1. The Morgan fingerprint density at radius 1 is 1.26 bits per heavy atom. The molecule has 1 aromatic carbocycles. The fourth-order valence-corrected chi connectivity index (χ4v) is 4.18. The lowest BCUT2D eigenvalue weighted by molar-refractivity contribution is 0.780. The summed E-state index contributed by atoms with van der Waals surface area (Å²) in [5, 5.41) is 11.4. The van der Waals surface area contributed by atoms with Crippen LogP contribution in [0.2, 0.25) is 5.02 Å². The van der Waals surface area contributed by atoms with E-state index in [9.17, 15) is 0 Å². The molecule has 118 valence electrons. The van der Waals surface area contributed by atoms with Crippen LogP contribution in [0, 0.1) is 6.92 Å². The number of fused-ring (bicyclic) bond motifs is 1. The van der Waals surface area contributed by atoms with Gasteiger partial charge in [0.05, 0.1) is 15.6 Å². The maximum absolute atomic E-state index is 6.42. The molecule has 0 fully saturated rings. The maximum atomic E-state index is 6.42. The van der Waals surface area contributed by atoms with E-state index in [1.807, 2.05) is 28.9 Å². The van der Waals surface area contributed by atoms with E-state index in [2.05, 4.69) is 23.7 Å². The molecular formula is C18H18ClN3S. The lowest BCUT2D eigenvalue weighted by Crippen LogP contribution is -2.07. The van der Waals surface area contributed by atoms with Crippen molar-refractivity contribution in [2.75, 3.05) is 11.9 Å². The van der Waals surface area contributed by atoms with Gasteiger partial charge in [0.2, 0.25) is 0 Å². The van der Waals surface area contributed by atoms with Crippen LogP contribution in [-0.2, 0) is 6.42 Å². The van der Waals surface area contributed by atoms with Crippen molar-refractivity contribution < 1.29 is 0 Å². The monoisotopic (exact) mass is 343 g/mol. The normalized spacial score (nSPS) is 14.2. The number of aromatic nitrogens is 2. The van der Waals surface area contributed by atoms with Gasteiger partial charge in [0.15, 0.2) is 0 Å². The minimum absolute atomic E-state index is 0.720. The van der Waals surface area contributed by atoms with Gasteiger partial charge in [0.1, 0.15) is 11.5 Å². The molecule has 2 aromatic heterocycles. The molecule has 3 nitrogen and oxygen atoms in total. The molecule has 0 atom stereocenters. The van der Waals surface area contributed by atoms with Crippen LogP contribution in [0.4, 0.5) is 5.82 Å². The van der Waals surface area contributed by atoms with E-state index >= 15 is 0 Å². The minimum atomic E-state index is 0.720. The zero-order valence-corrected chi connectivity index (χ0v) is 14.5. The van der Waals surface area contributed by atoms with Crippen molar-refractivity contribution in [1.82, 2.24) is 9.78 Å². The molecule has 1 N–H and O–H groups in total. The minimum Gasteiger partial charge on any atom is -0.370 e. The van der Waals surface area contributed by atoms with Gasteiger partial charge in [-0.1, -0.05) is 23.7 Å². The number of hydrogen-bond acceptors (Lipinski definition) is 3. The van der Waals surface area contributed by atoms with Crippen molar-refractivity contribution in [3.8, 4) is 16.3 Å².